The van der Waals surface area contributed by atoms with Crippen molar-refractivity contribution in [1.82, 2.24) is 0 Å². The largest absolute Gasteiger partial charge is 0.481 e. The molecule has 33 heavy (non-hydrogen) atoms. The Labute approximate surface area is 203 Å². The van der Waals surface area contributed by atoms with Gasteiger partial charge < -0.3 is 20.5 Å². The third-order valence-corrected chi connectivity index (χ3v) is 5.19. The molecule has 2 aromatic rings. The van der Waals surface area contributed by atoms with Crippen LogP contribution in [0.5, 0.6) is 0 Å². The molecule has 0 aliphatic carbocycles. The molecule has 1 heterocycles. The Morgan fingerprint density at radius 2 is 1.73 bits per heavy atom. The van der Waals surface area contributed by atoms with Crippen molar-refractivity contribution in [3.63, 3.8) is 0 Å². The first-order chi connectivity index (χ1) is 15.3. The van der Waals surface area contributed by atoms with Gasteiger partial charge in [-0.25, -0.2) is 0 Å². The number of aliphatic carboxylic acids is 1. The Balaban J connectivity index is 0.000000890. The maximum atomic E-state index is 13.4. The Kier molecular flexibility index (Phi) is 8.89. The smallest absolute Gasteiger partial charge is 0.300 e. The number of benzene rings is 2. The van der Waals surface area contributed by atoms with E-state index in [1.54, 1.807) is 29.2 Å². The van der Waals surface area contributed by atoms with Gasteiger partial charge in [-0.1, -0.05) is 62.2 Å². The molecule has 0 saturated carbocycles. The second-order valence-electron chi connectivity index (χ2n) is 8.90. The first-order valence-electron chi connectivity index (χ1n) is 10.3. The molecular formula is C24H28Cl2N2O5. The van der Waals surface area contributed by atoms with Crippen LogP contribution < -0.4 is 10.6 Å². The first-order valence-corrected chi connectivity index (χ1v) is 11.0. The molecule has 2 atom stereocenters. The van der Waals surface area contributed by atoms with Gasteiger partial charge in [0.25, 0.3) is 11.9 Å². The number of amides is 2. The molecular weight excluding hydrogens is 467 g/mol. The zero-order chi connectivity index (χ0) is 24.9. The van der Waals surface area contributed by atoms with E-state index >= 15 is 0 Å². The standard InChI is InChI=1S/C22H24Cl2N2O3.C2H4O2/c1-22(2,3)12-26-17-9-8-13(23)10-15(17)20(14-6-4-5-7-16(14)24)29-18(21(26)28)11-19(25)27;1-2(3)4/h4-10,18,20H,11-12H2,1-3H3,(H2,25,27);1H3,(H,3,4)/t18-,20-;/m1./s1. The van der Waals surface area contributed by atoms with Crippen molar-refractivity contribution in [2.45, 2.75) is 46.3 Å². The van der Waals surface area contributed by atoms with Crippen LogP contribution in [0.15, 0.2) is 42.5 Å². The maximum Gasteiger partial charge on any atom is 0.300 e. The van der Waals surface area contributed by atoms with E-state index in [2.05, 4.69) is 0 Å². The number of carboxylic acid groups (broad SMARTS) is 1. The number of fused-ring (bicyclic) bond motifs is 1. The fourth-order valence-corrected chi connectivity index (χ4v) is 3.87. The van der Waals surface area contributed by atoms with Gasteiger partial charge in [-0.3, -0.25) is 14.4 Å². The summed E-state index contributed by atoms with van der Waals surface area (Å²) in [5.41, 5.74) is 7.33. The minimum absolute atomic E-state index is 0.186. The number of hydrogen-bond acceptors (Lipinski definition) is 4. The molecule has 0 spiro atoms. The van der Waals surface area contributed by atoms with Crippen molar-refractivity contribution in [2.75, 3.05) is 11.4 Å². The van der Waals surface area contributed by atoms with Crippen LogP contribution in [0, 0.1) is 5.41 Å². The fraction of sp³-hybridized carbons (Fsp3) is 0.375. The Hall–Kier alpha value is -2.61. The zero-order valence-electron chi connectivity index (χ0n) is 19.0. The molecule has 1 aliphatic rings. The number of rotatable bonds is 4. The van der Waals surface area contributed by atoms with Gasteiger partial charge in [0.15, 0.2) is 0 Å². The Bertz CT molecular complexity index is 1030. The van der Waals surface area contributed by atoms with Crippen molar-refractivity contribution >= 4 is 46.7 Å². The number of carboxylic acids is 1. The summed E-state index contributed by atoms with van der Waals surface area (Å²) >= 11 is 12.7. The van der Waals surface area contributed by atoms with Crippen LogP contribution in [-0.2, 0) is 19.1 Å². The number of anilines is 1. The summed E-state index contributed by atoms with van der Waals surface area (Å²) < 4.78 is 6.19. The molecule has 3 rings (SSSR count). The molecule has 178 valence electrons. The van der Waals surface area contributed by atoms with Gasteiger partial charge in [0.05, 0.1) is 6.42 Å². The molecule has 0 radical (unpaired) electrons. The number of halogens is 2. The van der Waals surface area contributed by atoms with Crippen molar-refractivity contribution in [2.24, 2.45) is 11.1 Å². The summed E-state index contributed by atoms with van der Waals surface area (Å²) in [5, 5.41) is 8.43. The van der Waals surface area contributed by atoms with Crippen LogP contribution in [0.2, 0.25) is 10.0 Å². The van der Waals surface area contributed by atoms with Gasteiger partial charge in [-0.2, -0.15) is 0 Å². The summed E-state index contributed by atoms with van der Waals surface area (Å²) in [6, 6.07) is 12.6. The number of hydrogen-bond donors (Lipinski definition) is 2. The molecule has 0 unspecified atom stereocenters. The lowest BCUT2D eigenvalue weighted by Gasteiger charge is -2.31. The monoisotopic (exact) mass is 494 g/mol. The lowest BCUT2D eigenvalue weighted by molar-refractivity contribution is -0.137. The maximum absolute atomic E-state index is 13.4. The summed E-state index contributed by atoms with van der Waals surface area (Å²) in [6.45, 7) is 7.64. The average Bonchev–Trinajstić information content (AvgIpc) is 2.77. The van der Waals surface area contributed by atoms with Gasteiger partial charge in [0.2, 0.25) is 5.91 Å². The molecule has 2 aromatic carbocycles. The van der Waals surface area contributed by atoms with Crippen molar-refractivity contribution in [1.29, 1.82) is 0 Å². The molecule has 0 aromatic heterocycles. The summed E-state index contributed by atoms with van der Waals surface area (Å²) in [7, 11) is 0. The molecule has 3 N–H and O–H groups in total. The van der Waals surface area contributed by atoms with Gasteiger partial charge >= 0.3 is 0 Å². The normalized spacial score (nSPS) is 18.0. The number of primary amides is 1. The number of nitrogens with zero attached hydrogens (tertiary/aromatic N) is 1. The number of carbonyl (C=O) groups is 3. The number of nitrogens with two attached hydrogens (primary N) is 1. The predicted octanol–water partition coefficient (Wildman–Crippen LogP) is 4.83. The van der Waals surface area contributed by atoms with Gasteiger partial charge in [0, 0.05) is 40.3 Å². The van der Waals surface area contributed by atoms with E-state index in [1.807, 2.05) is 39.0 Å². The highest BCUT2D eigenvalue weighted by atomic mass is 35.5. The minimum Gasteiger partial charge on any atom is -0.481 e. The van der Waals surface area contributed by atoms with E-state index in [1.165, 1.54) is 0 Å². The molecule has 0 fully saturated rings. The second kappa shape index (κ2) is 11.0. The first kappa shape index (κ1) is 26.6. The average molecular weight is 495 g/mol. The molecule has 1 aliphatic heterocycles. The Morgan fingerprint density at radius 3 is 2.27 bits per heavy atom. The van der Waals surface area contributed by atoms with Crippen LogP contribution in [0.3, 0.4) is 0 Å². The highest BCUT2D eigenvalue weighted by molar-refractivity contribution is 6.31. The molecule has 9 heteroatoms. The molecule has 7 nitrogen and oxygen atoms in total. The van der Waals surface area contributed by atoms with Crippen LogP contribution in [0.4, 0.5) is 5.69 Å². The minimum atomic E-state index is -1.03. The summed E-state index contributed by atoms with van der Waals surface area (Å²) in [6.07, 6.45) is -1.92. The van der Waals surface area contributed by atoms with Crippen molar-refractivity contribution in [3.8, 4) is 0 Å². The van der Waals surface area contributed by atoms with E-state index in [0.29, 0.717) is 27.8 Å². The van der Waals surface area contributed by atoms with E-state index < -0.39 is 24.1 Å². The number of ether oxygens (including phenoxy) is 1. The summed E-state index contributed by atoms with van der Waals surface area (Å²) in [4.78, 5) is 35.7. The van der Waals surface area contributed by atoms with Crippen LogP contribution in [0.25, 0.3) is 0 Å². The molecule has 0 bridgehead atoms. The van der Waals surface area contributed by atoms with Gasteiger partial charge in [-0.05, 0) is 29.7 Å². The topological polar surface area (TPSA) is 110 Å². The fourth-order valence-electron chi connectivity index (χ4n) is 3.45. The highest BCUT2D eigenvalue weighted by Gasteiger charge is 2.39. The third-order valence-electron chi connectivity index (χ3n) is 4.61. The molecule has 2 amide bonds. The highest BCUT2D eigenvalue weighted by Crippen LogP contribution is 2.42. The van der Waals surface area contributed by atoms with Gasteiger partial charge in [0.1, 0.15) is 12.2 Å². The van der Waals surface area contributed by atoms with Crippen molar-refractivity contribution in [3.05, 3.63) is 63.6 Å². The van der Waals surface area contributed by atoms with Crippen LogP contribution in [-0.4, -0.2) is 35.5 Å². The predicted molar refractivity (Wildman–Crippen MR) is 129 cm³/mol. The number of carbonyl (C=O) groups excluding carboxylic acids is 2. The second-order valence-corrected chi connectivity index (χ2v) is 9.75. The van der Waals surface area contributed by atoms with Crippen LogP contribution >= 0.6 is 23.2 Å². The molecule has 0 saturated heterocycles. The quantitative estimate of drug-likeness (QED) is 0.632. The zero-order valence-corrected chi connectivity index (χ0v) is 20.5. The lowest BCUT2D eigenvalue weighted by Crippen LogP contribution is -2.44. The lowest BCUT2D eigenvalue weighted by atomic mass is 9.94. The van der Waals surface area contributed by atoms with E-state index in [4.69, 9.17) is 43.6 Å². The van der Waals surface area contributed by atoms with E-state index in [0.717, 1.165) is 12.5 Å². The van der Waals surface area contributed by atoms with Crippen LogP contribution in [0.1, 0.15) is 51.3 Å². The third kappa shape index (κ3) is 7.45. The SMILES string of the molecule is CC(=O)O.CC(C)(C)CN1C(=O)[C@@H](CC(N)=O)O[C@H](c2ccccc2Cl)c2cc(Cl)ccc21. The Morgan fingerprint density at radius 1 is 1.12 bits per heavy atom. The van der Waals surface area contributed by atoms with Crippen molar-refractivity contribution < 1.29 is 24.2 Å². The van der Waals surface area contributed by atoms with Gasteiger partial charge in [-0.15, -0.1) is 0 Å². The van der Waals surface area contributed by atoms with E-state index in [9.17, 15) is 9.59 Å². The van der Waals surface area contributed by atoms with E-state index in [-0.39, 0.29) is 17.7 Å². The summed E-state index contributed by atoms with van der Waals surface area (Å²) in [5.74, 6) is -1.75.